The van der Waals surface area contributed by atoms with Gasteiger partial charge < -0.3 is 0 Å². The zero-order chi connectivity index (χ0) is 17.8. The number of pyridine rings is 1. The summed E-state index contributed by atoms with van der Waals surface area (Å²) in [6.07, 6.45) is 4.30. The van der Waals surface area contributed by atoms with Crippen LogP contribution in [-0.4, -0.2) is 6.71 Å². The van der Waals surface area contributed by atoms with Crippen molar-refractivity contribution in [3.05, 3.63) is 109 Å². The molecule has 0 aliphatic carbocycles. The Morgan fingerprint density at radius 1 is 0.577 bits per heavy atom. The number of rotatable bonds is 4. The zero-order valence-corrected chi connectivity index (χ0v) is 14.9. The summed E-state index contributed by atoms with van der Waals surface area (Å²) < 4.78 is 2.21. The minimum atomic E-state index is 0.341. The minimum absolute atomic E-state index is 0.341. The first-order valence-electron chi connectivity index (χ1n) is 9.04. The van der Waals surface area contributed by atoms with Gasteiger partial charge in [0.15, 0.2) is 12.4 Å². The van der Waals surface area contributed by atoms with Crippen LogP contribution in [0, 0.1) is 0 Å². The molecule has 0 aliphatic rings. The minimum Gasteiger partial charge on any atom is -0.168 e. The highest BCUT2D eigenvalue weighted by Crippen LogP contribution is 2.16. The Morgan fingerprint density at radius 2 is 1.12 bits per heavy atom. The second-order valence-electron chi connectivity index (χ2n) is 6.55. The summed E-state index contributed by atoms with van der Waals surface area (Å²) in [4.78, 5) is 0. The van der Waals surface area contributed by atoms with E-state index in [-0.39, 0.29) is 0 Å². The van der Waals surface area contributed by atoms with E-state index in [4.69, 9.17) is 0 Å². The highest BCUT2D eigenvalue weighted by molar-refractivity contribution is 6.84. The van der Waals surface area contributed by atoms with Crippen molar-refractivity contribution in [2.45, 2.75) is 6.82 Å². The Bertz CT molecular complexity index is 979. The number of nitrogens with zero attached hydrogens (tertiary/aromatic N) is 1. The van der Waals surface area contributed by atoms with E-state index in [9.17, 15) is 0 Å². The predicted molar refractivity (Wildman–Crippen MR) is 111 cm³/mol. The van der Waals surface area contributed by atoms with Gasteiger partial charge in [-0.05, 0) is 16.6 Å². The van der Waals surface area contributed by atoms with Gasteiger partial charge in [-0.2, -0.15) is 4.57 Å². The highest BCUT2D eigenvalue weighted by Gasteiger charge is 2.21. The molecule has 0 bridgehead atoms. The number of para-hydroxylation sites is 1. The van der Waals surface area contributed by atoms with E-state index in [0.717, 1.165) is 0 Å². The molecule has 0 N–H and O–H groups in total. The molecular weight excluding hydrogens is 313 g/mol. The highest BCUT2D eigenvalue weighted by atomic mass is 14.9. The average Bonchev–Trinajstić information content (AvgIpc) is 2.75. The largest absolute Gasteiger partial charge is 0.214 e. The molecule has 0 saturated heterocycles. The van der Waals surface area contributed by atoms with Crippen LogP contribution in [0.1, 0.15) is 0 Å². The van der Waals surface area contributed by atoms with E-state index < -0.39 is 0 Å². The van der Waals surface area contributed by atoms with Crippen molar-refractivity contribution >= 4 is 17.6 Å². The first kappa shape index (κ1) is 16.3. The monoisotopic (exact) mass is 334 g/mol. The second-order valence-corrected chi connectivity index (χ2v) is 6.55. The van der Waals surface area contributed by atoms with Crippen LogP contribution >= 0.6 is 0 Å². The molecule has 0 unspecified atom stereocenters. The van der Waals surface area contributed by atoms with Gasteiger partial charge in [-0.15, -0.1) is 0 Å². The lowest BCUT2D eigenvalue weighted by molar-refractivity contribution is -0.594. The molecule has 0 aliphatic heterocycles. The summed E-state index contributed by atoms with van der Waals surface area (Å²) in [6, 6.07) is 34.2. The van der Waals surface area contributed by atoms with Gasteiger partial charge in [0, 0.05) is 18.2 Å². The van der Waals surface area contributed by atoms with E-state index in [0.29, 0.717) is 6.71 Å². The van der Waals surface area contributed by atoms with Gasteiger partial charge in [0.25, 0.3) is 0 Å². The maximum atomic E-state index is 2.27. The second kappa shape index (κ2) is 7.41. The molecular formula is C24H21BN+. The Morgan fingerprint density at radius 3 is 1.81 bits per heavy atom. The van der Waals surface area contributed by atoms with E-state index in [2.05, 4.69) is 115 Å². The lowest BCUT2D eigenvalue weighted by atomic mass is 9.42. The molecule has 1 nitrogen and oxygen atoms in total. The number of hydrogen-bond acceptors (Lipinski definition) is 0. The SMILES string of the molecule is CB(c1ccccc1)c1ccccc1-[n+]1ccc(-c2ccccc2)cc1. The van der Waals surface area contributed by atoms with Crippen LogP contribution in [0.25, 0.3) is 16.8 Å². The number of benzene rings is 3. The summed E-state index contributed by atoms with van der Waals surface area (Å²) in [7, 11) is 0. The van der Waals surface area contributed by atoms with Crippen molar-refractivity contribution in [3.8, 4) is 16.8 Å². The standard InChI is InChI=1S/C24H21BN/c1-25(22-12-6-3-7-13-22)23-14-8-9-15-24(23)26-18-16-21(17-19-26)20-10-4-2-5-11-20/h2-19H,1H3/q+1. The van der Waals surface area contributed by atoms with Crippen LogP contribution in [0.5, 0.6) is 0 Å². The quantitative estimate of drug-likeness (QED) is 0.394. The van der Waals surface area contributed by atoms with Gasteiger partial charge in [-0.3, -0.25) is 0 Å². The molecule has 124 valence electrons. The Balaban J connectivity index is 1.71. The third kappa shape index (κ3) is 3.31. The summed E-state index contributed by atoms with van der Waals surface area (Å²) >= 11 is 0. The molecule has 2 heteroatoms. The van der Waals surface area contributed by atoms with Crippen LogP contribution in [0.3, 0.4) is 0 Å². The molecule has 0 fully saturated rings. The molecule has 1 heterocycles. The van der Waals surface area contributed by atoms with E-state index in [1.165, 1.54) is 27.7 Å². The zero-order valence-electron chi connectivity index (χ0n) is 14.9. The molecule has 26 heavy (non-hydrogen) atoms. The third-order valence-electron chi connectivity index (χ3n) is 4.92. The van der Waals surface area contributed by atoms with Crippen molar-refractivity contribution in [2.24, 2.45) is 0 Å². The molecule has 0 atom stereocenters. The molecule has 0 saturated carbocycles. The van der Waals surface area contributed by atoms with Crippen molar-refractivity contribution in [1.29, 1.82) is 0 Å². The van der Waals surface area contributed by atoms with Gasteiger partial charge >= 0.3 is 0 Å². The number of aromatic nitrogens is 1. The maximum Gasteiger partial charge on any atom is 0.214 e. The lowest BCUT2D eigenvalue weighted by Gasteiger charge is -2.11. The van der Waals surface area contributed by atoms with Gasteiger partial charge in [0.1, 0.15) is 0 Å². The van der Waals surface area contributed by atoms with Crippen LogP contribution in [0.2, 0.25) is 6.82 Å². The molecule has 0 radical (unpaired) electrons. The topological polar surface area (TPSA) is 3.88 Å². The van der Waals surface area contributed by atoms with Crippen molar-refractivity contribution < 1.29 is 4.57 Å². The smallest absolute Gasteiger partial charge is 0.168 e. The van der Waals surface area contributed by atoms with Gasteiger partial charge in [0.2, 0.25) is 12.4 Å². The fraction of sp³-hybridized carbons (Fsp3) is 0.0417. The lowest BCUT2D eigenvalue weighted by Crippen LogP contribution is -2.46. The summed E-state index contributed by atoms with van der Waals surface area (Å²) in [5.74, 6) is 0. The molecule has 4 aromatic rings. The van der Waals surface area contributed by atoms with Crippen molar-refractivity contribution in [1.82, 2.24) is 0 Å². The molecule has 4 rings (SSSR count). The van der Waals surface area contributed by atoms with Crippen LogP contribution < -0.4 is 15.5 Å². The van der Waals surface area contributed by atoms with Gasteiger partial charge in [0.05, 0.1) is 0 Å². The molecule has 1 aromatic heterocycles. The van der Waals surface area contributed by atoms with Crippen molar-refractivity contribution in [3.63, 3.8) is 0 Å². The molecule has 3 aromatic carbocycles. The van der Waals surface area contributed by atoms with Crippen molar-refractivity contribution in [2.75, 3.05) is 0 Å². The number of hydrogen-bond donors (Lipinski definition) is 0. The molecule has 0 amide bonds. The normalized spacial score (nSPS) is 10.5. The fourth-order valence-corrected chi connectivity index (χ4v) is 3.42. The summed E-state index contributed by atoms with van der Waals surface area (Å²) in [6.45, 7) is 2.61. The van der Waals surface area contributed by atoms with Crippen LogP contribution in [0.4, 0.5) is 0 Å². The van der Waals surface area contributed by atoms with Crippen LogP contribution in [-0.2, 0) is 0 Å². The Hall–Kier alpha value is -3.13. The van der Waals surface area contributed by atoms with Gasteiger partial charge in [-0.1, -0.05) is 91.1 Å². The third-order valence-corrected chi connectivity index (χ3v) is 4.92. The summed E-state index contributed by atoms with van der Waals surface area (Å²) in [5.41, 5.74) is 6.36. The first-order valence-corrected chi connectivity index (χ1v) is 9.04. The molecule has 0 spiro atoms. The first-order chi connectivity index (χ1) is 12.8. The Kier molecular flexibility index (Phi) is 4.66. The van der Waals surface area contributed by atoms with E-state index >= 15 is 0 Å². The Labute approximate surface area is 155 Å². The van der Waals surface area contributed by atoms with E-state index in [1.54, 1.807) is 0 Å². The average molecular weight is 334 g/mol. The summed E-state index contributed by atoms with van der Waals surface area (Å²) in [5, 5.41) is 0. The fourth-order valence-electron chi connectivity index (χ4n) is 3.42. The van der Waals surface area contributed by atoms with E-state index in [1.807, 2.05) is 6.07 Å². The van der Waals surface area contributed by atoms with Crippen LogP contribution in [0.15, 0.2) is 109 Å². The maximum absolute atomic E-state index is 2.27. The predicted octanol–water partition coefficient (Wildman–Crippen LogP) is 3.87. The van der Waals surface area contributed by atoms with Gasteiger partial charge in [-0.25, -0.2) is 0 Å².